The van der Waals surface area contributed by atoms with Crippen molar-refractivity contribution in [1.82, 2.24) is 5.32 Å². The van der Waals surface area contributed by atoms with Gasteiger partial charge < -0.3 is 10.1 Å². The van der Waals surface area contributed by atoms with Crippen LogP contribution in [-0.2, 0) is 9.53 Å². The van der Waals surface area contributed by atoms with Gasteiger partial charge in [0.25, 0.3) is 0 Å². The average Bonchev–Trinajstić information content (AvgIpc) is 2.53. The van der Waals surface area contributed by atoms with Crippen molar-refractivity contribution in [2.24, 2.45) is 11.8 Å². The first-order valence-electron chi connectivity index (χ1n) is 5.98. The maximum atomic E-state index is 11.5. The standard InChI is InChI=1S/C12H23NO2/c1-9(2)6-10(3)15-12(14)7-11-4-5-13-8-11/h9-11,13H,4-8H2,1-3H3. The van der Waals surface area contributed by atoms with Crippen LogP contribution in [0.1, 0.15) is 40.0 Å². The second-order valence-corrected chi connectivity index (χ2v) is 4.99. The van der Waals surface area contributed by atoms with E-state index in [1.807, 2.05) is 6.92 Å². The summed E-state index contributed by atoms with van der Waals surface area (Å²) in [7, 11) is 0. The number of hydrogen-bond acceptors (Lipinski definition) is 3. The number of nitrogens with one attached hydrogen (secondary N) is 1. The van der Waals surface area contributed by atoms with Gasteiger partial charge in [0.05, 0.1) is 6.10 Å². The third kappa shape index (κ3) is 5.17. The molecular weight excluding hydrogens is 190 g/mol. The van der Waals surface area contributed by atoms with Gasteiger partial charge in [0, 0.05) is 6.42 Å². The predicted octanol–water partition coefficient (Wildman–Crippen LogP) is 1.96. The summed E-state index contributed by atoms with van der Waals surface area (Å²) in [5, 5.41) is 3.26. The maximum absolute atomic E-state index is 11.5. The van der Waals surface area contributed by atoms with E-state index in [2.05, 4.69) is 19.2 Å². The first-order chi connectivity index (χ1) is 7.08. The van der Waals surface area contributed by atoms with Crippen molar-refractivity contribution in [3.8, 4) is 0 Å². The summed E-state index contributed by atoms with van der Waals surface area (Å²) in [5.74, 6) is 1.04. The minimum atomic E-state index is -0.0307. The van der Waals surface area contributed by atoms with Gasteiger partial charge in [0.1, 0.15) is 0 Å². The monoisotopic (exact) mass is 213 g/mol. The molecule has 3 nitrogen and oxygen atoms in total. The Balaban J connectivity index is 2.16. The molecule has 0 amide bonds. The van der Waals surface area contributed by atoms with Crippen molar-refractivity contribution in [3.05, 3.63) is 0 Å². The highest BCUT2D eigenvalue weighted by molar-refractivity contribution is 5.69. The SMILES string of the molecule is CC(C)CC(C)OC(=O)CC1CCNC1. The van der Waals surface area contributed by atoms with Crippen molar-refractivity contribution < 1.29 is 9.53 Å². The number of esters is 1. The minimum Gasteiger partial charge on any atom is -0.463 e. The zero-order chi connectivity index (χ0) is 11.3. The molecule has 0 aromatic carbocycles. The molecule has 1 heterocycles. The summed E-state index contributed by atoms with van der Waals surface area (Å²) in [6.45, 7) is 8.27. The second kappa shape index (κ2) is 6.11. The van der Waals surface area contributed by atoms with Crippen LogP contribution in [0.5, 0.6) is 0 Å². The van der Waals surface area contributed by atoms with Crippen LogP contribution in [0.3, 0.4) is 0 Å². The maximum Gasteiger partial charge on any atom is 0.306 e. The summed E-state index contributed by atoms with van der Waals surface area (Å²) in [5.41, 5.74) is 0. The molecule has 3 heteroatoms. The molecule has 2 atom stereocenters. The van der Waals surface area contributed by atoms with Crippen LogP contribution < -0.4 is 5.32 Å². The van der Waals surface area contributed by atoms with E-state index in [0.29, 0.717) is 18.3 Å². The zero-order valence-corrected chi connectivity index (χ0v) is 10.1. The quantitative estimate of drug-likeness (QED) is 0.709. The smallest absolute Gasteiger partial charge is 0.306 e. The Morgan fingerprint density at radius 3 is 2.73 bits per heavy atom. The van der Waals surface area contributed by atoms with Crippen molar-refractivity contribution >= 4 is 5.97 Å². The van der Waals surface area contributed by atoms with Crippen LogP contribution in [0.25, 0.3) is 0 Å². The number of hydrogen-bond donors (Lipinski definition) is 1. The van der Waals surface area contributed by atoms with Gasteiger partial charge in [-0.05, 0) is 44.7 Å². The molecule has 1 fully saturated rings. The molecule has 0 aromatic rings. The molecule has 1 saturated heterocycles. The highest BCUT2D eigenvalue weighted by atomic mass is 16.5. The van der Waals surface area contributed by atoms with Gasteiger partial charge in [-0.1, -0.05) is 13.8 Å². The largest absolute Gasteiger partial charge is 0.463 e. The van der Waals surface area contributed by atoms with E-state index < -0.39 is 0 Å². The number of ether oxygens (including phenoxy) is 1. The molecule has 1 N–H and O–H groups in total. The van der Waals surface area contributed by atoms with Gasteiger partial charge in [-0.25, -0.2) is 0 Å². The van der Waals surface area contributed by atoms with Gasteiger partial charge in [-0.3, -0.25) is 4.79 Å². The van der Waals surface area contributed by atoms with Gasteiger partial charge in [-0.15, -0.1) is 0 Å². The molecule has 88 valence electrons. The molecule has 15 heavy (non-hydrogen) atoms. The van der Waals surface area contributed by atoms with E-state index in [-0.39, 0.29) is 12.1 Å². The summed E-state index contributed by atoms with van der Waals surface area (Å²) < 4.78 is 5.36. The molecule has 0 spiro atoms. The van der Waals surface area contributed by atoms with Crippen LogP contribution in [0, 0.1) is 11.8 Å². The van der Waals surface area contributed by atoms with Gasteiger partial charge >= 0.3 is 5.97 Å². The van der Waals surface area contributed by atoms with E-state index in [1.165, 1.54) is 0 Å². The Hall–Kier alpha value is -0.570. The van der Waals surface area contributed by atoms with Crippen LogP contribution in [0.15, 0.2) is 0 Å². The number of carbonyl (C=O) groups is 1. The first kappa shape index (κ1) is 12.5. The second-order valence-electron chi connectivity index (χ2n) is 4.99. The number of rotatable bonds is 5. The lowest BCUT2D eigenvalue weighted by molar-refractivity contribution is -0.149. The predicted molar refractivity (Wildman–Crippen MR) is 60.6 cm³/mol. The Morgan fingerprint density at radius 2 is 2.20 bits per heavy atom. The molecule has 0 saturated carbocycles. The average molecular weight is 213 g/mol. The fraction of sp³-hybridized carbons (Fsp3) is 0.917. The molecule has 0 aromatic heterocycles. The fourth-order valence-corrected chi connectivity index (χ4v) is 2.11. The summed E-state index contributed by atoms with van der Waals surface area (Å²) in [4.78, 5) is 11.5. The molecule has 2 unspecified atom stereocenters. The summed E-state index contributed by atoms with van der Waals surface area (Å²) in [6.07, 6.45) is 2.70. The molecule has 1 aliphatic rings. The van der Waals surface area contributed by atoms with Gasteiger partial charge in [-0.2, -0.15) is 0 Å². The fourth-order valence-electron chi connectivity index (χ4n) is 2.11. The van der Waals surface area contributed by atoms with Crippen LogP contribution >= 0.6 is 0 Å². The summed E-state index contributed by atoms with van der Waals surface area (Å²) in [6, 6.07) is 0. The van der Waals surface area contributed by atoms with Crippen molar-refractivity contribution in [2.45, 2.75) is 46.1 Å². The zero-order valence-electron chi connectivity index (χ0n) is 10.1. The molecule has 1 aliphatic heterocycles. The Kier molecular flexibility index (Phi) is 5.09. The van der Waals surface area contributed by atoms with Crippen molar-refractivity contribution in [1.29, 1.82) is 0 Å². The third-order valence-corrected chi connectivity index (χ3v) is 2.75. The third-order valence-electron chi connectivity index (χ3n) is 2.75. The topological polar surface area (TPSA) is 38.3 Å². The molecule has 0 radical (unpaired) electrons. The van der Waals surface area contributed by atoms with Gasteiger partial charge in [0.15, 0.2) is 0 Å². The van der Waals surface area contributed by atoms with E-state index in [0.717, 1.165) is 25.9 Å². The number of carbonyl (C=O) groups excluding carboxylic acids is 1. The highest BCUT2D eigenvalue weighted by Crippen LogP contribution is 2.15. The molecule has 0 aliphatic carbocycles. The molecule has 1 rings (SSSR count). The lowest BCUT2D eigenvalue weighted by Crippen LogP contribution is -2.20. The van der Waals surface area contributed by atoms with Crippen LogP contribution in [0.4, 0.5) is 0 Å². The van der Waals surface area contributed by atoms with Crippen molar-refractivity contribution in [2.75, 3.05) is 13.1 Å². The van der Waals surface area contributed by atoms with Crippen LogP contribution in [-0.4, -0.2) is 25.2 Å². The normalized spacial score (nSPS) is 23.1. The van der Waals surface area contributed by atoms with Gasteiger partial charge in [0.2, 0.25) is 0 Å². The molecule has 0 bridgehead atoms. The lowest BCUT2D eigenvalue weighted by Gasteiger charge is -2.16. The van der Waals surface area contributed by atoms with Crippen LogP contribution in [0.2, 0.25) is 0 Å². The summed E-state index contributed by atoms with van der Waals surface area (Å²) >= 11 is 0. The minimum absolute atomic E-state index is 0.0307. The van der Waals surface area contributed by atoms with E-state index >= 15 is 0 Å². The lowest BCUT2D eigenvalue weighted by atomic mass is 10.0. The Bertz CT molecular complexity index is 198. The van der Waals surface area contributed by atoms with E-state index in [9.17, 15) is 4.79 Å². The Labute approximate surface area is 92.6 Å². The van der Waals surface area contributed by atoms with Crippen molar-refractivity contribution in [3.63, 3.8) is 0 Å². The van der Waals surface area contributed by atoms with E-state index in [1.54, 1.807) is 0 Å². The molecular formula is C12H23NO2. The highest BCUT2D eigenvalue weighted by Gasteiger charge is 2.20. The Morgan fingerprint density at radius 1 is 1.47 bits per heavy atom. The first-order valence-corrected chi connectivity index (χ1v) is 5.98. The van der Waals surface area contributed by atoms with E-state index in [4.69, 9.17) is 4.74 Å².